The summed E-state index contributed by atoms with van der Waals surface area (Å²) in [5.41, 5.74) is 3.39. The van der Waals surface area contributed by atoms with Crippen LogP contribution < -0.4 is 10.1 Å². The Morgan fingerprint density at radius 3 is 2.48 bits per heavy atom. The molecule has 0 unspecified atom stereocenters. The molecule has 0 aromatic heterocycles. The van der Waals surface area contributed by atoms with Crippen LogP contribution in [0.3, 0.4) is 0 Å². The molecule has 0 aliphatic heterocycles. The van der Waals surface area contributed by atoms with Crippen LogP contribution in [0, 0.1) is 25.2 Å². The van der Waals surface area contributed by atoms with Crippen molar-refractivity contribution in [3.8, 4) is 11.8 Å². The number of aryl methyl sites for hydroxylation is 2. The molecule has 0 radical (unpaired) electrons. The summed E-state index contributed by atoms with van der Waals surface area (Å²) in [6.07, 6.45) is 2.44. The van der Waals surface area contributed by atoms with E-state index in [1.807, 2.05) is 52.0 Å². The minimum absolute atomic E-state index is 0.000760. The lowest BCUT2D eigenvalue weighted by molar-refractivity contribution is -0.112. The van der Waals surface area contributed by atoms with Crippen LogP contribution in [-0.2, 0) is 4.79 Å². The Morgan fingerprint density at radius 2 is 1.93 bits per heavy atom. The van der Waals surface area contributed by atoms with Crippen molar-refractivity contribution in [3.05, 3.63) is 63.7 Å². The van der Waals surface area contributed by atoms with Gasteiger partial charge in [-0.3, -0.25) is 4.79 Å². The van der Waals surface area contributed by atoms with Gasteiger partial charge in [0.25, 0.3) is 5.91 Å². The maximum absolute atomic E-state index is 12.4. The Balaban J connectivity index is 2.21. The number of carbonyl (C=O) groups is 1. The van der Waals surface area contributed by atoms with Gasteiger partial charge in [0, 0.05) is 5.69 Å². The molecule has 0 saturated heterocycles. The van der Waals surface area contributed by atoms with E-state index >= 15 is 0 Å². The fraction of sp³-hybridized carbons (Fsp3) is 0.273. The lowest BCUT2D eigenvalue weighted by atomic mass is 10.1. The average Bonchev–Trinajstić information content (AvgIpc) is 2.60. The Hall–Kier alpha value is -2.77. The van der Waals surface area contributed by atoms with Crippen molar-refractivity contribution in [2.45, 2.75) is 40.2 Å². The van der Waals surface area contributed by atoms with Gasteiger partial charge in [0.05, 0.1) is 11.1 Å². The minimum Gasteiger partial charge on any atom is -0.489 e. The quantitative estimate of drug-likeness (QED) is 0.516. The number of nitriles is 1. The SMILES string of the molecule is CC[C@H](C)Oc1ccc(/C=C(/C#N)C(=O)Nc2cc(C)cc(C)c2)cc1Cl. The highest BCUT2D eigenvalue weighted by Crippen LogP contribution is 2.28. The van der Waals surface area contributed by atoms with Crippen molar-refractivity contribution in [2.75, 3.05) is 5.32 Å². The minimum atomic E-state index is -0.460. The number of carbonyl (C=O) groups excluding carboxylic acids is 1. The average molecular weight is 383 g/mol. The fourth-order valence-corrected chi connectivity index (χ4v) is 2.80. The second kappa shape index (κ2) is 9.25. The summed E-state index contributed by atoms with van der Waals surface area (Å²) < 4.78 is 5.73. The molecule has 27 heavy (non-hydrogen) atoms. The predicted molar refractivity (Wildman–Crippen MR) is 110 cm³/mol. The molecule has 1 atom stereocenters. The topological polar surface area (TPSA) is 62.1 Å². The van der Waals surface area contributed by atoms with Crippen LogP contribution in [0.2, 0.25) is 5.02 Å². The summed E-state index contributed by atoms with van der Waals surface area (Å²) in [6, 6.07) is 12.9. The lowest BCUT2D eigenvalue weighted by Gasteiger charge is -2.14. The zero-order chi connectivity index (χ0) is 20.0. The summed E-state index contributed by atoms with van der Waals surface area (Å²) in [6.45, 7) is 7.90. The molecule has 1 N–H and O–H groups in total. The monoisotopic (exact) mass is 382 g/mol. The number of rotatable bonds is 6. The fourth-order valence-electron chi connectivity index (χ4n) is 2.56. The predicted octanol–water partition coefficient (Wildman–Crippen LogP) is 5.68. The van der Waals surface area contributed by atoms with E-state index in [1.165, 1.54) is 6.08 Å². The van der Waals surface area contributed by atoms with Gasteiger partial charge in [-0.1, -0.05) is 30.7 Å². The molecular formula is C22H23ClN2O2. The van der Waals surface area contributed by atoms with E-state index in [0.717, 1.165) is 17.5 Å². The van der Waals surface area contributed by atoms with Gasteiger partial charge in [-0.15, -0.1) is 0 Å². The van der Waals surface area contributed by atoms with Crippen molar-refractivity contribution < 1.29 is 9.53 Å². The van der Waals surface area contributed by atoms with Gasteiger partial charge < -0.3 is 10.1 Å². The highest BCUT2D eigenvalue weighted by molar-refractivity contribution is 6.32. The van der Waals surface area contributed by atoms with E-state index < -0.39 is 5.91 Å². The van der Waals surface area contributed by atoms with Gasteiger partial charge >= 0.3 is 0 Å². The van der Waals surface area contributed by atoms with E-state index in [0.29, 0.717) is 22.0 Å². The molecule has 0 fully saturated rings. The van der Waals surface area contributed by atoms with Crippen LogP contribution >= 0.6 is 11.6 Å². The van der Waals surface area contributed by atoms with Crippen molar-refractivity contribution in [2.24, 2.45) is 0 Å². The molecule has 4 nitrogen and oxygen atoms in total. The Labute approximate surface area is 165 Å². The molecule has 2 aromatic rings. The molecular weight excluding hydrogens is 360 g/mol. The smallest absolute Gasteiger partial charge is 0.266 e. The van der Waals surface area contributed by atoms with E-state index in [1.54, 1.807) is 18.2 Å². The standard InChI is InChI=1S/C22H23ClN2O2/c1-5-16(4)27-21-7-6-17(12-20(21)23)11-18(13-24)22(26)25-19-9-14(2)8-15(3)10-19/h6-12,16H,5H2,1-4H3,(H,25,26)/b18-11-/t16-/m0/s1. The molecule has 5 heteroatoms. The normalized spacial score (nSPS) is 12.2. The van der Waals surface area contributed by atoms with Crippen molar-refractivity contribution >= 4 is 29.3 Å². The molecule has 0 aliphatic carbocycles. The summed E-state index contributed by atoms with van der Waals surface area (Å²) in [5.74, 6) is 0.125. The van der Waals surface area contributed by atoms with Gasteiger partial charge in [-0.2, -0.15) is 5.26 Å². The van der Waals surface area contributed by atoms with Crippen molar-refractivity contribution in [3.63, 3.8) is 0 Å². The van der Waals surface area contributed by atoms with Crippen LogP contribution in [0.25, 0.3) is 6.08 Å². The van der Waals surface area contributed by atoms with Gasteiger partial charge in [0.15, 0.2) is 0 Å². The summed E-state index contributed by atoms with van der Waals surface area (Å²) in [4.78, 5) is 12.4. The Kier molecular flexibility index (Phi) is 7.04. The number of ether oxygens (including phenoxy) is 1. The van der Waals surface area contributed by atoms with Gasteiger partial charge in [-0.05, 0) is 74.2 Å². The molecule has 140 valence electrons. The third-order valence-electron chi connectivity index (χ3n) is 4.01. The first-order valence-corrected chi connectivity index (χ1v) is 9.17. The molecule has 1 amide bonds. The highest BCUT2D eigenvalue weighted by atomic mass is 35.5. The zero-order valence-electron chi connectivity index (χ0n) is 16.0. The Morgan fingerprint density at radius 1 is 1.26 bits per heavy atom. The lowest BCUT2D eigenvalue weighted by Crippen LogP contribution is -2.13. The highest BCUT2D eigenvalue weighted by Gasteiger charge is 2.11. The van der Waals surface area contributed by atoms with E-state index in [9.17, 15) is 10.1 Å². The largest absolute Gasteiger partial charge is 0.489 e. The number of nitrogens with one attached hydrogen (secondary N) is 1. The number of hydrogen-bond acceptors (Lipinski definition) is 3. The maximum Gasteiger partial charge on any atom is 0.266 e. The molecule has 2 rings (SSSR count). The molecule has 2 aromatic carbocycles. The second-order valence-corrected chi connectivity index (χ2v) is 6.93. The maximum atomic E-state index is 12.4. The first-order valence-electron chi connectivity index (χ1n) is 8.80. The van der Waals surface area contributed by atoms with E-state index in [2.05, 4.69) is 5.32 Å². The van der Waals surface area contributed by atoms with Crippen LogP contribution in [-0.4, -0.2) is 12.0 Å². The summed E-state index contributed by atoms with van der Waals surface area (Å²) in [7, 11) is 0. The molecule has 0 bridgehead atoms. The van der Waals surface area contributed by atoms with Crippen LogP contribution in [0.1, 0.15) is 37.0 Å². The number of nitrogens with zero attached hydrogens (tertiary/aromatic N) is 1. The summed E-state index contributed by atoms with van der Waals surface area (Å²) in [5, 5.41) is 12.6. The van der Waals surface area contributed by atoms with Crippen LogP contribution in [0.4, 0.5) is 5.69 Å². The number of hydrogen-bond donors (Lipinski definition) is 1. The zero-order valence-corrected chi connectivity index (χ0v) is 16.7. The van der Waals surface area contributed by atoms with E-state index in [4.69, 9.17) is 16.3 Å². The first kappa shape index (κ1) is 20.5. The molecule has 0 spiro atoms. The van der Waals surface area contributed by atoms with Gasteiger partial charge in [0.2, 0.25) is 0 Å². The number of benzene rings is 2. The Bertz CT molecular complexity index is 893. The van der Waals surface area contributed by atoms with E-state index in [-0.39, 0.29) is 11.7 Å². The first-order chi connectivity index (χ1) is 12.8. The number of amides is 1. The molecule has 0 aliphatic rings. The van der Waals surface area contributed by atoms with Crippen LogP contribution in [0.15, 0.2) is 42.0 Å². The number of anilines is 1. The van der Waals surface area contributed by atoms with Gasteiger partial charge in [0.1, 0.15) is 17.4 Å². The number of halogens is 1. The summed E-state index contributed by atoms with van der Waals surface area (Å²) >= 11 is 6.26. The second-order valence-electron chi connectivity index (χ2n) is 6.53. The van der Waals surface area contributed by atoms with Crippen LogP contribution in [0.5, 0.6) is 5.75 Å². The third kappa shape index (κ3) is 5.87. The third-order valence-corrected chi connectivity index (χ3v) is 4.31. The molecule has 0 heterocycles. The van der Waals surface area contributed by atoms with Crippen molar-refractivity contribution in [1.29, 1.82) is 5.26 Å². The van der Waals surface area contributed by atoms with Gasteiger partial charge in [-0.25, -0.2) is 0 Å². The molecule has 0 saturated carbocycles. The van der Waals surface area contributed by atoms with Crippen molar-refractivity contribution in [1.82, 2.24) is 0 Å².